The zero-order valence-electron chi connectivity index (χ0n) is 14.7. The van der Waals surface area contributed by atoms with Gasteiger partial charge in [0.15, 0.2) is 5.96 Å². The van der Waals surface area contributed by atoms with Crippen molar-refractivity contribution >= 4 is 35.5 Å². The van der Waals surface area contributed by atoms with Gasteiger partial charge >= 0.3 is 0 Å². The van der Waals surface area contributed by atoms with E-state index in [4.69, 9.17) is 0 Å². The van der Waals surface area contributed by atoms with Crippen LogP contribution >= 0.6 is 24.0 Å². The van der Waals surface area contributed by atoms with Crippen LogP contribution in [0.1, 0.15) is 24.8 Å². The molecule has 1 saturated carbocycles. The summed E-state index contributed by atoms with van der Waals surface area (Å²) >= 11 is 0. The molecule has 4 nitrogen and oxygen atoms in total. The molecule has 0 atom stereocenters. The Bertz CT molecular complexity index is 566. The van der Waals surface area contributed by atoms with Crippen molar-refractivity contribution in [1.82, 2.24) is 15.1 Å². The molecule has 1 fully saturated rings. The predicted octanol–water partition coefficient (Wildman–Crippen LogP) is 3.06. The van der Waals surface area contributed by atoms with Crippen LogP contribution in [0, 0.1) is 0 Å². The number of aliphatic imine (C=N–C) groups is 1. The lowest BCUT2D eigenvalue weighted by atomic mass is 10.00. The Morgan fingerprint density at radius 3 is 2.62 bits per heavy atom. The van der Waals surface area contributed by atoms with Crippen LogP contribution in [0.15, 0.2) is 41.4 Å². The monoisotopic (exact) mass is 440 g/mol. The normalized spacial score (nSPS) is 18.2. The Morgan fingerprint density at radius 2 is 2.04 bits per heavy atom. The first-order valence-electron chi connectivity index (χ1n) is 8.68. The van der Waals surface area contributed by atoms with Crippen LogP contribution in [0.3, 0.4) is 0 Å². The predicted molar refractivity (Wildman–Crippen MR) is 113 cm³/mol. The Kier molecular flexibility index (Phi) is 7.55. The number of benzene rings is 1. The van der Waals surface area contributed by atoms with Gasteiger partial charge in [0.25, 0.3) is 0 Å². The molecule has 3 rings (SSSR count). The van der Waals surface area contributed by atoms with Crippen LogP contribution in [0.25, 0.3) is 5.57 Å². The largest absolute Gasteiger partial charge is 0.355 e. The highest BCUT2D eigenvalue weighted by Gasteiger charge is 2.25. The SMILES string of the molecule is CN=C(NCCN(C)C1CC1)N1CC=C(c2ccccc2)CC1.I. The van der Waals surface area contributed by atoms with E-state index in [0.717, 1.165) is 44.6 Å². The molecule has 24 heavy (non-hydrogen) atoms. The molecule has 0 spiro atoms. The summed E-state index contributed by atoms with van der Waals surface area (Å²) in [7, 11) is 4.10. The maximum atomic E-state index is 4.45. The molecule has 0 aromatic heterocycles. The first-order valence-corrected chi connectivity index (χ1v) is 8.68. The van der Waals surface area contributed by atoms with Crippen molar-refractivity contribution in [2.75, 3.05) is 40.3 Å². The molecule has 0 radical (unpaired) electrons. The van der Waals surface area contributed by atoms with Crippen molar-refractivity contribution in [3.05, 3.63) is 42.0 Å². The number of likely N-dealkylation sites (N-methyl/N-ethyl adjacent to an activating group) is 1. The summed E-state index contributed by atoms with van der Waals surface area (Å²) in [4.78, 5) is 9.24. The molecular weight excluding hydrogens is 411 g/mol. The topological polar surface area (TPSA) is 30.9 Å². The Balaban J connectivity index is 0.00000208. The van der Waals surface area contributed by atoms with E-state index in [2.05, 4.69) is 63.6 Å². The van der Waals surface area contributed by atoms with Crippen molar-refractivity contribution in [3.63, 3.8) is 0 Å². The molecule has 0 amide bonds. The zero-order valence-corrected chi connectivity index (χ0v) is 17.1. The highest BCUT2D eigenvalue weighted by Crippen LogP contribution is 2.24. The van der Waals surface area contributed by atoms with Gasteiger partial charge in [-0.05, 0) is 37.4 Å². The number of nitrogens with zero attached hydrogens (tertiary/aromatic N) is 3. The van der Waals surface area contributed by atoms with Gasteiger partial charge in [-0.1, -0.05) is 36.4 Å². The molecule has 1 aliphatic heterocycles. The molecule has 5 heteroatoms. The third-order valence-corrected chi connectivity index (χ3v) is 4.78. The van der Waals surface area contributed by atoms with E-state index in [1.807, 2.05) is 7.05 Å². The summed E-state index contributed by atoms with van der Waals surface area (Å²) in [6.07, 6.45) is 6.14. The van der Waals surface area contributed by atoms with E-state index < -0.39 is 0 Å². The zero-order chi connectivity index (χ0) is 16.1. The number of nitrogens with one attached hydrogen (secondary N) is 1. The maximum absolute atomic E-state index is 4.45. The van der Waals surface area contributed by atoms with E-state index in [1.165, 1.54) is 24.0 Å². The van der Waals surface area contributed by atoms with Crippen molar-refractivity contribution in [2.24, 2.45) is 4.99 Å². The fourth-order valence-electron chi connectivity index (χ4n) is 3.15. The Hall–Kier alpha value is -1.08. The lowest BCUT2D eigenvalue weighted by molar-refractivity contribution is 0.325. The van der Waals surface area contributed by atoms with Crippen LogP contribution in [0.2, 0.25) is 0 Å². The summed E-state index contributed by atoms with van der Waals surface area (Å²) in [6, 6.07) is 11.5. The molecule has 1 aliphatic carbocycles. The van der Waals surface area contributed by atoms with Crippen LogP contribution in [0.4, 0.5) is 0 Å². The van der Waals surface area contributed by atoms with Gasteiger partial charge in [0.05, 0.1) is 0 Å². The molecule has 1 N–H and O–H groups in total. The van der Waals surface area contributed by atoms with Crippen molar-refractivity contribution in [3.8, 4) is 0 Å². The Labute approximate surface area is 163 Å². The Morgan fingerprint density at radius 1 is 1.29 bits per heavy atom. The van der Waals surface area contributed by atoms with E-state index in [1.54, 1.807) is 0 Å². The third kappa shape index (κ3) is 5.21. The number of guanidine groups is 1. The van der Waals surface area contributed by atoms with Gasteiger partial charge in [0.1, 0.15) is 0 Å². The van der Waals surface area contributed by atoms with E-state index in [0.29, 0.717) is 0 Å². The highest BCUT2D eigenvalue weighted by molar-refractivity contribution is 14.0. The molecular formula is C19H29IN4. The minimum atomic E-state index is 0. The quantitative estimate of drug-likeness (QED) is 0.434. The molecule has 0 bridgehead atoms. The molecule has 0 unspecified atom stereocenters. The number of halogens is 1. The first kappa shape index (κ1) is 19.2. The van der Waals surface area contributed by atoms with Crippen molar-refractivity contribution in [2.45, 2.75) is 25.3 Å². The minimum Gasteiger partial charge on any atom is -0.355 e. The second-order valence-corrected chi connectivity index (χ2v) is 6.48. The lowest BCUT2D eigenvalue weighted by Gasteiger charge is -2.30. The number of rotatable bonds is 5. The van der Waals surface area contributed by atoms with E-state index in [9.17, 15) is 0 Å². The standard InChI is InChI=1S/C19H28N4.HI/c1-20-19(21-12-15-22(2)18-8-9-18)23-13-10-17(11-14-23)16-6-4-3-5-7-16;/h3-7,10,18H,8-9,11-15H2,1-2H3,(H,20,21);1H. The van der Waals surface area contributed by atoms with Gasteiger partial charge in [0, 0.05) is 39.3 Å². The summed E-state index contributed by atoms with van der Waals surface area (Å²) < 4.78 is 0. The van der Waals surface area contributed by atoms with Gasteiger partial charge < -0.3 is 15.1 Å². The molecule has 1 heterocycles. The fourth-order valence-corrected chi connectivity index (χ4v) is 3.15. The second-order valence-electron chi connectivity index (χ2n) is 6.48. The average molecular weight is 440 g/mol. The van der Waals surface area contributed by atoms with Crippen LogP contribution < -0.4 is 5.32 Å². The molecule has 0 saturated heterocycles. The van der Waals surface area contributed by atoms with Crippen molar-refractivity contribution < 1.29 is 0 Å². The van der Waals surface area contributed by atoms with E-state index in [-0.39, 0.29) is 24.0 Å². The van der Waals surface area contributed by atoms with Gasteiger partial charge in [-0.3, -0.25) is 4.99 Å². The fraction of sp³-hybridized carbons (Fsp3) is 0.526. The van der Waals surface area contributed by atoms with Gasteiger partial charge in [0.2, 0.25) is 0 Å². The summed E-state index contributed by atoms with van der Waals surface area (Å²) in [5.74, 6) is 1.03. The van der Waals surface area contributed by atoms with Crippen LogP contribution in [-0.4, -0.2) is 62.1 Å². The summed E-state index contributed by atoms with van der Waals surface area (Å²) in [6.45, 7) is 4.01. The smallest absolute Gasteiger partial charge is 0.193 e. The highest BCUT2D eigenvalue weighted by atomic mass is 127. The van der Waals surface area contributed by atoms with Gasteiger partial charge in [-0.25, -0.2) is 0 Å². The molecule has 2 aliphatic rings. The minimum absolute atomic E-state index is 0. The molecule has 132 valence electrons. The lowest BCUT2D eigenvalue weighted by Crippen LogP contribution is -2.45. The summed E-state index contributed by atoms with van der Waals surface area (Å²) in [5, 5.41) is 3.51. The maximum Gasteiger partial charge on any atom is 0.193 e. The molecule has 1 aromatic rings. The number of hydrogen-bond acceptors (Lipinski definition) is 2. The van der Waals surface area contributed by atoms with Crippen LogP contribution in [-0.2, 0) is 0 Å². The van der Waals surface area contributed by atoms with Crippen LogP contribution in [0.5, 0.6) is 0 Å². The summed E-state index contributed by atoms with van der Waals surface area (Å²) in [5.41, 5.74) is 2.80. The van der Waals surface area contributed by atoms with Gasteiger partial charge in [-0.2, -0.15) is 0 Å². The number of hydrogen-bond donors (Lipinski definition) is 1. The molecule has 1 aromatic carbocycles. The third-order valence-electron chi connectivity index (χ3n) is 4.78. The first-order chi connectivity index (χ1) is 11.3. The second kappa shape index (κ2) is 9.42. The van der Waals surface area contributed by atoms with Gasteiger partial charge in [-0.15, -0.1) is 24.0 Å². The van der Waals surface area contributed by atoms with E-state index >= 15 is 0 Å². The van der Waals surface area contributed by atoms with Crippen molar-refractivity contribution in [1.29, 1.82) is 0 Å². The average Bonchev–Trinajstić information content (AvgIpc) is 3.45.